The van der Waals surface area contributed by atoms with Gasteiger partial charge in [-0.3, -0.25) is 4.79 Å². The van der Waals surface area contributed by atoms with Crippen molar-refractivity contribution in [3.05, 3.63) is 48.2 Å². The molecule has 1 N–H and O–H groups in total. The van der Waals surface area contributed by atoms with Gasteiger partial charge in [0, 0.05) is 42.8 Å². The van der Waals surface area contributed by atoms with Crippen LogP contribution in [0.4, 0.5) is 5.69 Å². The molecular formula is C20H23N3O3S. The Bertz CT molecular complexity index is 804. The molecule has 6 nitrogen and oxygen atoms in total. The number of hydrogen-bond donors (Lipinski definition) is 1. The zero-order valence-corrected chi connectivity index (χ0v) is 16.3. The Morgan fingerprint density at radius 3 is 2.59 bits per heavy atom. The standard InChI is InChI=1S/C20H23N3O3S/c1-25-17-6-4-15(5-7-17)22-16-9-20(27-11-16)12-23(13-20)19(24)14-3-8-18(26-2)21-10-14/h3-8,10,16,22H,9,11-13H2,1-2H3. The molecule has 4 rings (SSSR count). The number of hydrogen-bond acceptors (Lipinski definition) is 6. The lowest BCUT2D eigenvalue weighted by atomic mass is 9.91. The molecule has 1 aromatic carbocycles. The number of thioether (sulfide) groups is 1. The maximum atomic E-state index is 12.6. The average molecular weight is 385 g/mol. The molecule has 0 aliphatic carbocycles. The van der Waals surface area contributed by atoms with Gasteiger partial charge in [0.15, 0.2) is 0 Å². The Kier molecular flexibility index (Phi) is 4.86. The van der Waals surface area contributed by atoms with Crippen LogP contribution in [0.25, 0.3) is 0 Å². The van der Waals surface area contributed by atoms with Crippen molar-refractivity contribution >= 4 is 23.4 Å². The van der Waals surface area contributed by atoms with Crippen molar-refractivity contribution in [3.63, 3.8) is 0 Å². The smallest absolute Gasteiger partial charge is 0.255 e. The largest absolute Gasteiger partial charge is 0.497 e. The van der Waals surface area contributed by atoms with Crippen LogP contribution in [-0.4, -0.2) is 59.6 Å². The third kappa shape index (κ3) is 3.69. The van der Waals surface area contributed by atoms with E-state index in [9.17, 15) is 4.79 Å². The summed E-state index contributed by atoms with van der Waals surface area (Å²) in [5.74, 6) is 2.48. The lowest BCUT2D eigenvalue weighted by molar-refractivity contribution is 0.0557. The summed E-state index contributed by atoms with van der Waals surface area (Å²) in [6, 6.07) is 11.9. The predicted molar refractivity (Wildman–Crippen MR) is 107 cm³/mol. The van der Waals surface area contributed by atoms with Crippen LogP contribution >= 0.6 is 11.8 Å². The van der Waals surface area contributed by atoms with E-state index in [0.29, 0.717) is 17.5 Å². The summed E-state index contributed by atoms with van der Waals surface area (Å²) in [5.41, 5.74) is 1.72. The topological polar surface area (TPSA) is 63.7 Å². The van der Waals surface area contributed by atoms with Crippen molar-refractivity contribution in [1.82, 2.24) is 9.88 Å². The molecule has 7 heteroatoms. The highest BCUT2D eigenvalue weighted by molar-refractivity contribution is 8.01. The van der Waals surface area contributed by atoms with Gasteiger partial charge in [-0.1, -0.05) is 0 Å². The second-order valence-corrected chi connectivity index (χ2v) is 8.51. The normalized spacial score (nSPS) is 20.2. The number of aromatic nitrogens is 1. The Labute approximate surface area is 163 Å². The second-order valence-electron chi connectivity index (χ2n) is 7.02. The Morgan fingerprint density at radius 1 is 1.19 bits per heavy atom. The van der Waals surface area contributed by atoms with E-state index in [-0.39, 0.29) is 10.7 Å². The molecule has 2 saturated heterocycles. The molecule has 1 spiro atoms. The van der Waals surface area contributed by atoms with E-state index in [1.165, 1.54) is 0 Å². The molecule has 2 aromatic rings. The zero-order chi connectivity index (χ0) is 18.9. The maximum Gasteiger partial charge on any atom is 0.255 e. The molecule has 0 saturated carbocycles. The fraction of sp³-hybridized carbons (Fsp3) is 0.400. The minimum atomic E-state index is 0.0444. The summed E-state index contributed by atoms with van der Waals surface area (Å²) in [7, 11) is 3.24. The van der Waals surface area contributed by atoms with Crippen molar-refractivity contribution in [2.45, 2.75) is 17.2 Å². The van der Waals surface area contributed by atoms with Crippen molar-refractivity contribution in [2.75, 3.05) is 38.4 Å². The number of pyridine rings is 1. The Hall–Kier alpha value is -2.41. The van der Waals surface area contributed by atoms with Crippen molar-refractivity contribution in [2.24, 2.45) is 0 Å². The number of benzene rings is 1. The summed E-state index contributed by atoms with van der Waals surface area (Å²) in [6.07, 6.45) is 2.65. The molecule has 27 heavy (non-hydrogen) atoms. The van der Waals surface area contributed by atoms with E-state index in [1.54, 1.807) is 32.5 Å². The van der Waals surface area contributed by atoms with Gasteiger partial charge in [-0.2, -0.15) is 0 Å². The van der Waals surface area contributed by atoms with Crippen molar-refractivity contribution < 1.29 is 14.3 Å². The quantitative estimate of drug-likeness (QED) is 0.854. The molecule has 1 unspecified atom stereocenters. The monoisotopic (exact) mass is 385 g/mol. The number of methoxy groups -OCH3 is 2. The number of amides is 1. The minimum absolute atomic E-state index is 0.0444. The molecule has 142 valence electrons. The summed E-state index contributed by atoms with van der Waals surface area (Å²) < 4.78 is 10.4. The number of nitrogens with one attached hydrogen (secondary N) is 1. The van der Waals surface area contributed by atoms with Crippen LogP contribution in [0.3, 0.4) is 0 Å². The van der Waals surface area contributed by atoms with Gasteiger partial charge < -0.3 is 19.7 Å². The summed E-state index contributed by atoms with van der Waals surface area (Å²) in [6.45, 7) is 1.59. The molecular weight excluding hydrogens is 362 g/mol. The third-order valence-electron chi connectivity index (χ3n) is 5.11. The summed E-state index contributed by atoms with van der Waals surface area (Å²) in [5, 5.41) is 3.60. The highest BCUT2D eigenvalue weighted by Crippen LogP contribution is 2.46. The molecule has 0 bridgehead atoms. The number of carbonyl (C=O) groups excluding carboxylic acids is 1. The van der Waals surface area contributed by atoms with E-state index < -0.39 is 0 Å². The van der Waals surface area contributed by atoms with Crippen molar-refractivity contribution in [3.8, 4) is 11.6 Å². The fourth-order valence-corrected chi connectivity index (χ4v) is 5.25. The third-order valence-corrected chi connectivity index (χ3v) is 6.71. The second kappa shape index (κ2) is 7.31. The number of nitrogens with zero attached hydrogens (tertiary/aromatic N) is 2. The van der Waals surface area contributed by atoms with Gasteiger partial charge in [0.1, 0.15) is 5.75 Å². The maximum absolute atomic E-state index is 12.6. The van der Waals surface area contributed by atoms with E-state index in [1.807, 2.05) is 40.9 Å². The van der Waals surface area contributed by atoms with Crippen LogP contribution < -0.4 is 14.8 Å². The van der Waals surface area contributed by atoms with Crippen LogP contribution in [0.5, 0.6) is 11.6 Å². The van der Waals surface area contributed by atoms with Gasteiger partial charge in [-0.05, 0) is 36.8 Å². The number of ether oxygens (including phenoxy) is 2. The van der Waals surface area contributed by atoms with Gasteiger partial charge >= 0.3 is 0 Å². The van der Waals surface area contributed by atoms with E-state index in [4.69, 9.17) is 9.47 Å². The lowest BCUT2D eigenvalue weighted by Gasteiger charge is -2.47. The Balaban J connectivity index is 1.31. The predicted octanol–water partition coefficient (Wildman–Crippen LogP) is 2.91. The molecule has 2 fully saturated rings. The first kappa shape index (κ1) is 18.0. The van der Waals surface area contributed by atoms with E-state index >= 15 is 0 Å². The van der Waals surface area contributed by atoms with Crippen LogP contribution in [0.15, 0.2) is 42.6 Å². The molecule has 1 aromatic heterocycles. The van der Waals surface area contributed by atoms with Gasteiger partial charge in [0.25, 0.3) is 5.91 Å². The molecule has 0 radical (unpaired) electrons. The lowest BCUT2D eigenvalue weighted by Crippen LogP contribution is -2.60. The van der Waals surface area contributed by atoms with Crippen LogP contribution in [0.2, 0.25) is 0 Å². The zero-order valence-electron chi connectivity index (χ0n) is 15.5. The first-order chi connectivity index (χ1) is 13.1. The minimum Gasteiger partial charge on any atom is -0.497 e. The van der Waals surface area contributed by atoms with Crippen molar-refractivity contribution in [1.29, 1.82) is 0 Å². The SMILES string of the molecule is COc1ccc(NC2CSC3(C2)CN(C(=O)c2ccc(OC)nc2)C3)cc1. The molecule has 1 atom stereocenters. The highest BCUT2D eigenvalue weighted by Gasteiger charge is 2.50. The van der Waals surface area contributed by atoms with Crippen LogP contribution in [0, 0.1) is 0 Å². The first-order valence-corrected chi connectivity index (χ1v) is 9.93. The van der Waals surface area contributed by atoms with Crippen LogP contribution in [0.1, 0.15) is 16.8 Å². The fourth-order valence-electron chi connectivity index (χ4n) is 3.68. The van der Waals surface area contributed by atoms with Crippen LogP contribution in [-0.2, 0) is 0 Å². The van der Waals surface area contributed by atoms with Gasteiger partial charge in [-0.15, -0.1) is 11.8 Å². The molecule has 1 amide bonds. The number of rotatable bonds is 5. The van der Waals surface area contributed by atoms with E-state index in [2.05, 4.69) is 10.3 Å². The number of likely N-dealkylation sites (tertiary alicyclic amines) is 1. The van der Waals surface area contributed by atoms with Gasteiger partial charge in [-0.25, -0.2) is 4.98 Å². The molecule has 3 heterocycles. The van der Waals surface area contributed by atoms with Gasteiger partial charge in [0.2, 0.25) is 5.88 Å². The highest BCUT2D eigenvalue weighted by atomic mass is 32.2. The van der Waals surface area contributed by atoms with Gasteiger partial charge in [0.05, 0.1) is 24.5 Å². The Morgan fingerprint density at radius 2 is 1.96 bits per heavy atom. The average Bonchev–Trinajstić information content (AvgIpc) is 3.11. The van der Waals surface area contributed by atoms with E-state index in [0.717, 1.165) is 36.7 Å². The first-order valence-electron chi connectivity index (χ1n) is 8.95. The molecule has 2 aliphatic rings. The number of carbonyl (C=O) groups is 1. The number of anilines is 1. The summed E-state index contributed by atoms with van der Waals surface area (Å²) >= 11 is 1.97. The molecule has 2 aliphatic heterocycles. The summed E-state index contributed by atoms with van der Waals surface area (Å²) in [4.78, 5) is 18.6.